The van der Waals surface area contributed by atoms with Crippen molar-refractivity contribution in [3.05, 3.63) is 35.5 Å². The van der Waals surface area contributed by atoms with Gasteiger partial charge < -0.3 is 5.32 Å². The molecule has 80 valence electrons. The molecule has 1 saturated carbocycles. The summed E-state index contributed by atoms with van der Waals surface area (Å²) in [5.41, 5.74) is 4.53. The first-order valence-corrected chi connectivity index (χ1v) is 5.44. The Kier molecular flexibility index (Phi) is 1.93. The lowest BCUT2D eigenvalue weighted by atomic mass is 10.1. The molecule has 16 heavy (non-hydrogen) atoms. The highest BCUT2D eigenvalue weighted by molar-refractivity contribution is 6.29. The molecule has 1 N–H and O–H groups in total. The number of carbonyl (C=O) groups is 1. The van der Waals surface area contributed by atoms with E-state index in [1.54, 1.807) is 0 Å². The van der Waals surface area contributed by atoms with Crippen molar-refractivity contribution in [2.24, 2.45) is 4.99 Å². The van der Waals surface area contributed by atoms with Crippen molar-refractivity contribution in [1.82, 2.24) is 0 Å². The monoisotopic (exact) mass is 212 g/mol. The first-order chi connectivity index (χ1) is 7.75. The van der Waals surface area contributed by atoms with Gasteiger partial charge in [-0.3, -0.25) is 9.79 Å². The largest absolute Gasteiger partial charge is 0.357 e. The van der Waals surface area contributed by atoms with Crippen LogP contribution in [0.25, 0.3) is 0 Å². The van der Waals surface area contributed by atoms with Crippen molar-refractivity contribution in [3.8, 4) is 0 Å². The van der Waals surface area contributed by atoms with Crippen molar-refractivity contribution in [1.29, 1.82) is 0 Å². The fourth-order valence-electron chi connectivity index (χ4n) is 2.27. The highest BCUT2D eigenvalue weighted by atomic mass is 16.1. The van der Waals surface area contributed by atoms with E-state index in [1.807, 2.05) is 31.2 Å². The number of aliphatic imine (C=N–C) groups is 1. The van der Waals surface area contributed by atoms with Crippen LogP contribution in [-0.4, -0.2) is 11.5 Å². The van der Waals surface area contributed by atoms with Gasteiger partial charge in [0.2, 0.25) is 0 Å². The molecule has 0 spiro atoms. The van der Waals surface area contributed by atoms with Crippen LogP contribution >= 0.6 is 0 Å². The van der Waals surface area contributed by atoms with Gasteiger partial charge in [0.1, 0.15) is 0 Å². The maximum absolute atomic E-state index is 11.7. The molecule has 3 nitrogen and oxygen atoms in total. The number of nitrogens with zero attached hydrogens (tertiary/aromatic N) is 1. The zero-order chi connectivity index (χ0) is 11.1. The summed E-state index contributed by atoms with van der Waals surface area (Å²) in [5.74, 6) is 0.205. The lowest BCUT2D eigenvalue weighted by molar-refractivity contribution is -0.114. The van der Waals surface area contributed by atoms with Crippen LogP contribution in [0.1, 0.15) is 19.8 Å². The number of fused-ring (bicyclic) bond motifs is 2. The third-order valence-electron chi connectivity index (χ3n) is 3.01. The zero-order valence-corrected chi connectivity index (χ0v) is 9.08. The average Bonchev–Trinajstić information content (AvgIpc) is 2.56. The van der Waals surface area contributed by atoms with E-state index in [9.17, 15) is 4.79 Å². The topological polar surface area (TPSA) is 41.5 Å². The number of hydrogen-bond acceptors (Lipinski definition) is 3. The molecule has 1 fully saturated rings. The van der Waals surface area contributed by atoms with Gasteiger partial charge in [0.25, 0.3) is 0 Å². The third-order valence-corrected chi connectivity index (χ3v) is 3.01. The minimum absolute atomic E-state index is 0.205. The molecule has 1 aromatic rings. The number of carbonyl (C=O) groups excluding carboxylic acids is 1. The van der Waals surface area contributed by atoms with E-state index in [-0.39, 0.29) is 5.78 Å². The van der Waals surface area contributed by atoms with E-state index in [1.165, 1.54) is 0 Å². The molecule has 3 rings (SSSR count). The van der Waals surface area contributed by atoms with Crippen LogP contribution in [0, 0.1) is 0 Å². The summed E-state index contributed by atoms with van der Waals surface area (Å²) in [6.45, 7) is 1.94. The van der Waals surface area contributed by atoms with Crippen LogP contribution in [0.2, 0.25) is 0 Å². The van der Waals surface area contributed by atoms with Crippen molar-refractivity contribution in [2.75, 3.05) is 5.32 Å². The smallest absolute Gasteiger partial charge is 0.166 e. The number of allylic oxidation sites excluding steroid dienone is 2. The number of Topliss-reactive ketones (excluding diaryl/α,β-unsaturated/α-hetero) is 1. The fourth-order valence-corrected chi connectivity index (χ4v) is 2.27. The van der Waals surface area contributed by atoms with Crippen molar-refractivity contribution < 1.29 is 4.79 Å². The Morgan fingerprint density at radius 3 is 2.94 bits per heavy atom. The SMILES string of the molecule is CC1=C2C(=O)CCC2=Nc2ccccc2N1. The van der Waals surface area contributed by atoms with Crippen LogP contribution in [0.5, 0.6) is 0 Å². The summed E-state index contributed by atoms with van der Waals surface area (Å²) in [4.78, 5) is 16.3. The van der Waals surface area contributed by atoms with Crippen LogP contribution in [0.15, 0.2) is 40.5 Å². The Morgan fingerprint density at radius 2 is 2.06 bits per heavy atom. The molecule has 0 bridgehead atoms. The van der Waals surface area contributed by atoms with Crippen molar-refractivity contribution >= 4 is 22.9 Å². The van der Waals surface area contributed by atoms with E-state index in [0.29, 0.717) is 6.42 Å². The van der Waals surface area contributed by atoms with Gasteiger partial charge in [0.05, 0.1) is 22.7 Å². The number of benzene rings is 1. The quantitative estimate of drug-likeness (QED) is 0.718. The lowest BCUT2D eigenvalue weighted by Gasteiger charge is -2.07. The first-order valence-electron chi connectivity index (χ1n) is 5.44. The number of anilines is 1. The summed E-state index contributed by atoms with van der Waals surface area (Å²) in [7, 11) is 0. The second-order valence-electron chi connectivity index (χ2n) is 4.12. The number of ketones is 1. The normalized spacial score (nSPS) is 18.6. The summed E-state index contributed by atoms with van der Waals surface area (Å²) in [6, 6.07) is 7.87. The molecular weight excluding hydrogens is 200 g/mol. The molecule has 0 saturated heterocycles. The number of para-hydroxylation sites is 2. The van der Waals surface area contributed by atoms with Crippen LogP contribution in [0.3, 0.4) is 0 Å². The minimum atomic E-state index is 0.205. The van der Waals surface area contributed by atoms with Crippen molar-refractivity contribution in [2.45, 2.75) is 19.8 Å². The van der Waals surface area contributed by atoms with Gasteiger partial charge in [-0.05, 0) is 25.5 Å². The van der Waals surface area contributed by atoms with Crippen LogP contribution in [0.4, 0.5) is 11.4 Å². The Balaban J connectivity index is 2.22. The molecule has 2 aliphatic rings. The van der Waals surface area contributed by atoms with E-state index in [0.717, 1.165) is 34.8 Å². The molecule has 0 aromatic heterocycles. The molecule has 0 radical (unpaired) electrons. The maximum Gasteiger partial charge on any atom is 0.166 e. The molecule has 1 aliphatic carbocycles. The van der Waals surface area contributed by atoms with Gasteiger partial charge in [-0.1, -0.05) is 12.1 Å². The zero-order valence-electron chi connectivity index (χ0n) is 9.08. The average molecular weight is 212 g/mol. The second-order valence-corrected chi connectivity index (χ2v) is 4.12. The standard InChI is InChI=1S/C13H12N2O/c1-8-13-11(6-7-12(13)16)15-10-5-3-2-4-9(10)14-8/h2-5,14H,6-7H2,1H3. The number of rotatable bonds is 0. The Bertz CT molecular complexity index is 541. The molecule has 0 amide bonds. The van der Waals surface area contributed by atoms with Crippen molar-refractivity contribution in [3.63, 3.8) is 0 Å². The van der Waals surface area contributed by atoms with E-state index >= 15 is 0 Å². The third kappa shape index (κ3) is 1.28. The van der Waals surface area contributed by atoms with Crippen LogP contribution < -0.4 is 5.32 Å². The van der Waals surface area contributed by atoms with Gasteiger partial charge in [0.15, 0.2) is 5.78 Å². The first kappa shape index (κ1) is 9.33. The molecule has 1 aliphatic heterocycles. The molecular formula is C13H12N2O. The van der Waals surface area contributed by atoms with E-state index in [2.05, 4.69) is 10.3 Å². The lowest BCUT2D eigenvalue weighted by Crippen LogP contribution is -2.06. The van der Waals surface area contributed by atoms with Gasteiger partial charge in [-0.15, -0.1) is 0 Å². The second kappa shape index (κ2) is 3.30. The Labute approximate surface area is 93.9 Å². The van der Waals surface area contributed by atoms with Gasteiger partial charge in [0, 0.05) is 12.1 Å². The summed E-state index contributed by atoms with van der Waals surface area (Å²) < 4.78 is 0. The molecule has 3 heteroatoms. The fraction of sp³-hybridized carbons (Fsp3) is 0.231. The summed E-state index contributed by atoms with van der Waals surface area (Å²) >= 11 is 0. The van der Waals surface area contributed by atoms with E-state index in [4.69, 9.17) is 0 Å². The number of nitrogens with one attached hydrogen (secondary N) is 1. The van der Waals surface area contributed by atoms with E-state index < -0.39 is 0 Å². The molecule has 1 aromatic carbocycles. The predicted octanol–water partition coefficient (Wildman–Crippen LogP) is 2.82. The summed E-state index contributed by atoms with van der Waals surface area (Å²) in [6.07, 6.45) is 1.36. The Hall–Kier alpha value is -1.90. The molecule has 1 heterocycles. The molecule has 0 unspecified atom stereocenters. The van der Waals surface area contributed by atoms with Crippen LogP contribution in [-0.2, 0) is 4.79 Å². The highest BCUT2D eigenvalue weighted by Crippen LogP contribution is 2.33. The minimum Gasteiger partial charge on any atom is -0.357 e. The van der Waals surface area contributed by atoms with Gasteiger partial charge in [-0.2, -0.15) is 0 Å². The summed E-state index contributed by atoms with van der Waals surface area (Å²) in [5, 5.41) is 3.27. The predicted molar refractivity (Wildman–Crippen MR) is 64.1 cm³/mol. The molecule has 0 atom stereocenters. The highest BCUT2D eigenvalue weighted by Gasteiger charge is 2.28. The number of hydrogen-bond donors (Lipinski definition) is 1. The van der Waals surface area contributed by atoms with Gasteiger partial charge in [-0.25, -0.2) is 0 Å². The van der Waals surface area contributed by atoms with Gasteiger partial charge >= 0.3 is 0 Å². The Morgan fingerprint density at radius 1 is 1.25 bits per heavy atom. The maximum atomic E-state index is 11.7.